The minimum atomic E-state index is -5.59. The zero-order valence-corrected chi connectivity index (χ0v) is 13.9. The van der Waals surface area contributed by atoms with Crippen LogP contribution in [0.3, 0.4) is 0 Å². The van der Waals surface area contributed by atoms with E-state index in [0.717, 1.165) is 12.1 Å². The number of anilines is 1. The highest BCUT2D eigenvalue weighted by atomic mass is 32.2. The number of hydrogen-bond acceptors (Lipinski definition) is 5. The van der Waals surface area contributed by atoms with Gasteiger partial charge >= 0.3 is 12.4 Å². The summed E-state index contributed by atoms with van der Waals surface area (Å²) in [6, 6.07) is 2.29. The molecule has 0 aliphatic carbocycles. The highest BCUT2D eigenvalue weighted by Gasteiger charge is 2.72. The summed E-state index contributed by atoms with van der Waals surface area (Å²) in [4.78, 5) is 9.80. The van der Waals surface area contributed by atoms with Crippen LogP contribution in [0, 0.1) is 15.5 Å². The maximum atomic E-state index is 13.2. The Morgan fingerprint density at radius 3 is 2.08 bits per heavy atom. The molecule has 1 fully saturated rings. The van der Waals surface area contributed by atoms with E-state index in [1.165, 1.54) is 0 Å². The van der Waals surface area contributed by atoms with Gasteiger partial charge in [-0.25, -0.2) is 8.42 Å². The molecule has 146 valence electrons. The highest BCUT2D eigenvalue weighted by Crippen LogP contribution is 2.56. The van der Waals surface area contributed by atoms with E-state index in [0.29, 0.717) is 17.2 Å². The van der Waals surface area contributed by atoms with Crippen LogP contribution in [0.25, 0.3) is 0 Å². The minimum Gasteiger partial charge on any atom is -0.369 e. The lowest BCUT2D eigenvalue weighted by molar-refractivity contribution is -0.385. The maximum Gasteiger partial charge on any atom is 0.404 e. The molecule has 0 aromatic heterocycles. The quantitative estimate of drug-likeness (QED) is 0.437. The second-order valence-electron chi connectivity index (χ2n) is 5.93. The van der Waals surface area contributed by atoms with Crippen LogP contribution < -0.4 is 4.90 Å². The summed E-state index contributed by atoms with van der Waals surface area (Å²) in [6.07, 6.45) is -11.8. The van der Waals surface area contributed by atoms with Gasteiger partial charge in [-0.3, -0.25) is 10.1 Å². The van der Waals surface area contributed by atoms with Gasteiger partial charge in [0, 0.05) is 31.5 Å². The molecule has 0 spiro atoms. The van der Waals surface area contributed by atoms with Crippen LogP contribution in [0.15, 0.2) is 23.1 Å². The fraction of sp³-hybridized carbons (Fsp3) is 0.538. The number of non-ortho nitro benzene ring substituents is 1. The van der Waals surface area contributed by atoms with Crippen molar-refractivity contribution in [2.75, 3.05) is 24.2 Å². The number of alkyl halides is 6. The molecule has 0 amide bonds. The second-order valence-corrected chi connectivity index (χ2v) is 7.91. The first-order valence-corrected chi connectivity index (χ1v) is 8.86. The monoisotopic (exact) mass is 406 g/mol. The molecule has 13 heteroatoms. The lowest BCUT2D eigenvalue weighted by atomic mass is 9.85. The van der Waals surface area contributed by atoms with Crippen LogP contribution in [0.1, 0.15) is 6.42 Å². The molecule has 0 radical (unpaired) electrons. The Morgan fingerprint density at radius 2 is 1.69 bits per heavy atom. The summed E-state index contributed by atoms with van der Waals surface area (Å²) < 4.78 is 103. The standard InChI is InChI=1S/C13H12F6N2O4S/c1-26(24,25)10-6-8(21(22)23)2-3-9(10)20-5-4-11(7-20,12(14,15)16)13(17,18)19/h2-3,6H,4-5,7H2,1H3. The summed E-state index contributed by atoms with van der Waals surface area (Å²) in [5.74, 6) is 0. The average molecular weight is 406 g/mol. The number of rotatable bonds is 3. The summed E-state index contributed by atoms with van der Waals surface area (Å²) >= 11 is 0. The molecule has 1 aliphatic rings. The molecule has 1 aliphatic heterocycles. The fourth-order valence-corrected chi connectivity index (χ4v) is 3.73. The molecular weight excluding hydrogens is 394 g/mol. The molecule has 26 heavy (non-hydrogen) atoms. The van der Waals surface area contributed by atoms with Gasteiger partial charge in [0.05, 0.1) is 15.5 Å². The van der Waals surface area contributed by atoms with Crippen molar-refractivity contribution in [3.8, 4) is 0 Å². The van der Waals surface area contributed by atoms with Gasteiger partial charge in [0.15, 0.2) is 15.3 Å². The van der Waals surface area contributed by atoms with E-state index in [-0.39, 0.29) is 0 Å². The smallest absolute Gasteiger partial charge is 0.369 e. The van der Waals surface area contributed by atoms with Gasteiger partial charge < -0.3 is 4.90 Å². The van der Waals surface area contributed by atoms with E-state index in [1.54, 1.807) is 0 Å². The number of benzene rings is 1. The van der Waals surface area contributed by atoms with Crippen molar-refractivity contribution in [1.82, 2.24) is 0 Å². The molecule has 0 unspecified atom stereocenters. The average Bonchev–Trinajstić information content (AvgIpc) is 2.91. The lowest BCUT2D eigenvalue weighted by Crippen LogP contribution is -2.51. The molecule has 2 rings (SSSR count). The normalized spacial score (nSPS) is 18.2. The first-order chi connectivity index (χ1) is 11.6. The second kappa shape index (κ2) is 5.99. The third-order valence-corrected chi connectivity index (χ3v) is 5.37. The third kappa shape index (κ3) is 3.31. The van der Waals surface area contributed by atoms with Gasteiger partial charge in [-0.2, -0.15) is 26.3 Å². The van der Waals surface area contributed by atoms with Gasteiger partial charge in [0.2, 0.25) is 0 Å². The molecule has 0 N–H and O–H groups in total. The number of halogens is 6. The molecule has 1 saturated heterocycles. The van der Waals surface area contributed by atoms with Crippen LogP contribution in [0.5, 0.6) is 0 Å². The van der Waals surface area contributed by atoms with E-state index >= 15 is 0 Å². The van der Waals surface area contributed by atoms with Crippen LogP contribution in [0.4, 0.5) is 37.7 Å². The first kappa shape index (κ1) is 20.3. The number of nitro groups is 1. The van der Waals surface area contributed by atoms with Gasteiger partial charge in [0.1, 0.15) is 0 Å². The zero-order valence-electron chi connectivity index (χ0n) is 13.1. The van der Waals surface area contributed by atoms with Crippen LogP contribution in [-0.4, -0.2) is 45.0 Å². The molecule has 1 aromatic carbocycles. The maximum absolute atomic E-state index is 13.2. The molecule has 0 atom stereocenters. The molecule has 1 heterocycles. The predicted molar refractivity (Wildman–Crippen MR) is 77.6 cm³/mol. The molecule has 0 bridgehead atoms. The number of nitro benzene ring substituents is 1. The van der Waals surface area contributed by atoms with Gasteiger partial charge in [-0.15, -0.1) is 0 Å². The Kier molecular flexibility index (Phi) is 4.67. The van der Waals surface area contributed by atoms with Gasteiger partial charge in [-0.05, 0) is 12.5 Å². The molecular formula is C13H12F6N2O4S. The number of hydrogen-bond donors (Lipinski definition) is 0. The lowest BCUT2D eigenvalue weighted by Gasteiger charge is -2.34. The number of sulfone groups is 1. The van der Waals surface area contributed by atoms with Crippen molar-refractivity contribution >= 4 is 21.2 Å². The van der Waals surface area contributed by atoms with Crippen LogP contribution in [0.2, 0.25) is 0 Å². The molecule has 0 saturated carbocycles. The summed E-state index contributed by atoms with van der Waals surface area (Å²) in [5, 5.41) is 10.8. The Morgan fingerprint density at radius 1 is 1.15 bits per heavy atom. The Hall–Kier alpha value is -2.05. The van der Waals surface area contributed by atoms with Crippen molar-refractivity contribution in [3.63, 3.8) is 0 Å². The SMILES string of the molecule is CS(=O)(=O)c1cc([N+](=O)[O-])ccc1N1CCC(C(F)(F)F)(C(F)(F)F)C1. The van der Waals surface area contributed by atoms with Crippen molar-refractivity contribution in [2.45, 2.75) is 23.7 Å². The summed E-state index contributed by atoms with van der Waals surface area (Å²) in [6.45, 7) is -2.24. The van der Waals surface area contributed by atoms with E-state index in [9.17, 15) is 44.9 Å². The highest BCUT2D eigenvalue weighted by molar-refractivity contribution is 7.90. The fourth-order valence-electron chi connectivity index (χ4n) is 2.81. The van der Waals surface area contributed by atoms with Crippen molar-refractivity contribution < 1.29 is 39.7 Å². The van der Waals surface area contributed by atoms with E-state index in [2.05, 4.69) is 0 Å². The van der Waals surface area contributed by atoms with Crippen molar-refractivity contribution in [3.05, 3.63) is 28.3 Å². The molecule has 1 aromatic rings. The molecule has 6 nitrogen and oxygen atoms in total. The zero-order chi connectivity index (χ0) is 20.1. The third-order valence-electron chi connectivity index (χ3n) is 4.25. The van der Waals surface area contributed by atoms with Gasteiger partial charge in [0.25, 0.3) is 5.69 Å². The first-order valence-electron chi connectivity index (χ1n) is 6.97. The summed E-state index contributed by atoms with van der Waals surface area (Å²) in [7, 11) is -4.14. The largest absolute Gasteiger partial charge is 0.404 e. The topological polar surface area (TPSA) is 80.5 Å². The Labute approximate surface area is 143 Å². The van der Waals surface area contributed by atoms with E-state index in [1.807, 2.05) is 0 Å². The van der Waals surface area contributed by atoms with Crippen molar-refractivity contribution in [1.29, 1.82) is 0 Å². The van der Waals surface area contributed by atoms with Crippen molar-refractivity contribution in [2.24, 2.45) is 5.41 Å². The Bertz CT molecular complexity index is 820. The van der Waals surface area contributed by atoms with E-state index in [4.69, 9.17) is 0 Å². The van der Waals surface area contributed by atoms with E-state index < -0.39 is 68.3 Å². The predicted octanol–water partition coefficient (Wildman–Crippen LogP) is 3.32. The number of nitrogens with zero attached hydrogens (tertiary/aromatic N) is 2. The minimum absolute atomic E-state index is 0.437. The van der Waals surface area contributed by atoms with Crippen LogP contribution in [-0.2, 0) is 9.84 Å². The van der Waals surface area contributed by atoms with Crippen LogP contribution >= 0.6 is 0 Å². The Balaban J connectivity index is 2.56. The van der Waals surface area contributed by atoms with Gasteiger partial charge in [-0.1, -0.05) is 0 Å². The summed E-state index contributed by atoms with van der Waals surface area (Å²) in [5.41, 5.74) is -5.09.